The third-order valence-corrected chi connectivity index (χ3v) is 3.26. The van der Waals surface area contributed by atoms with Crippen molar-refractivity contribution in [3.8, 4) is 0 Å². The number of nitrogens with two attached hydrogens (primary N) is 1. The van der Waals surface area contributed by atoms with E-state index in [4.69, 9.17) is 5.73 Å². The zero-order chi connectivity index (χ0) is 12.5. The summed E-state index contributed by atoms with van der Waals surface area (Å²) in [7, 11) is 0. The van der Waals surface area contributed by atoms with Gasteiger partial charge in [-0.25, -0.2) is 0 Å². The first-order valence-electron chi connectivity index (χ1n) is 6.57. The molecule has 0 fully saturated rings. The molecular weight excluding hydrogens is 210 g/mol. The lowest BCUT2D eigenvalue weighted by atomic mass is 9.97. The molecule has 94 valence electrons. The van der Waals surface area contributed by atoms with Crippen LogP contribution in [0.4, 0.5) is 0 Å². The predicted molar refractivity (Wildman–Crippen MR) is 71.6 cm³/mol. The number of benzene rings is 1. The highest BCUT2D eigenvalue weighted by atomic mass is 16.1. The highest BCUT2D eigenvalue weighted by Crippen LogP contribution is 2.14. The summed E-state index contributed by atoms with van der Waals surface area (Å²) in [5.74, 6) is -0.0673. The third kappa shape index (κ3) is 5.53. The molecule has 1 amide bonds. The van der Waals surface area contributed by atoms with Crippen LogP contribution in [0.25, 0.3) is 0 Å². The summed E-state index contributed by atoms with van der Waals surface area (Å²) in [5, 5.41) is 0. The van der Waals surface area contributed by atoms with E-state index in [1.165, 1.54) is 18.4 Å². The smallest absolute Gasteiger partial charge is 0.220 e. The summed E-state index contributed by atoms with van der Waals surface area (Å²) in [6.45, 7) is 2.03. The van der Waals surface area contributed by atoms with E-state index in [1.54, 1.807) is 0 Å². The van der Waals surface area contributed by atoms with Crippen LogP contribution in [0.2, 0.25) is 0 Å². The third-order valence-electron chi connectivity index (χ3n) is 3.26. The van der Waals surface area contributed by atoms with Gasteiger partial charge in [0.25, 0.3) is 0 Å². The van der Waals surface area contributed by atoms with Gasteiger partial charge in [-0.15, -0.1) is 0 Å². The maximum Gasteiger partial charge on any atom is 0.220 e. The molecule has 0 aliphatic rings. The van der Waals surface area contributed by atoms with E-state index in [-0.39, 0.29) is 11.8 Å². The Morgan fingerprint density at radius 3 is 2.47 bits per heavy atom. The Labute approximate surface area is 104 Å². The second-order valence-corrected chi connectivity index (χ2v) is 4.59. The van der Waals surface area contributed by atoms with Crippen molar-refractivity contribution in [2.75, 3.05) is 0 Å². The van der Waals surface area contributed by atoms with Crippen LogP contribution in [0.1, 0.15) is 44.6 Å². The summed E-state index contributed by atoms with van der Waals surface area (Å²) < 4.78 is 0. The number of amides is 1. The van der Waals surface area contributed by atoms with Crippen molar-refractivity contribution in [2.24, 2.45) is 11.7 Å². The lowest BCUT2D eigenvalue weighted by Gasteiger charge is -2.09. The zero-order valence-electron chi connectivity index (χ0n) is 10.7. The molecule has 1 aromatic rings. The molecule has 1 unspecified atom stereocenters. The van der Waals surface area contributed by atoms with Crippen molar-refractivity contribution in [2.45, 2.75) is 45.4 Å². The minimum Gasteiger partial charge on any atom is -0.369 e. The van der Waals surface area contributed by atoms with Crippen LogP contribution >= 0.6 is 0 Å². The number of aryl methyl sites for hydroxylation is 1. The van der Waals surface area contributed by atoms with Gasteiger partial charge in [0.05, 0.1) is 0 Å². The fourth-order valence-corrected chi connectivity index (χ4v) is 2.09. The van der Waals surface area contributed by atoms with E-state index in [2.05, 4.69) is 24.3 Å². The maximum atomic E-state index is 11.0. The van der Waals surface area contributed by atoms with Gasteiger partial charge in [0.2, 0.25) is 5.91 Å². The van der Waals surface area contributed by atoms with Crippen LogP contribution in [-0.2, 0) is 11.2 Å². The molecule has 2 N–H and O–H groups in total. The molecule has 0 heterocycles. The largest absolute Gasteiger partial charge is 0.369 e. The Balaban J connectivity index is 2.10. The number of carbonyl (C=O) groups excluding carboxylic acids is 1. The minimum atomic E-state index is -0.143. The quantitative estimate of drug-likeness (QED) is 0.688. The summed E-state index contributed by atoms with van der Waals surface area (Å²) >= 11 is 0. The van der Waals surface area contributed by atoms with Gasteiger partial charge >= 0.3 is 0 Å². The minimum absolute atomic E-state index is 0.0757. The Kier molecular flexibility index (Phi) is 6.38. The first kappa shape index (κ1) is 13.8. The zero-order valence-corrected chi connectivity index (χ0v) is 10.7. The molecule has 2 nitrogen and oxygen atoms in total. The number of rotatable bonds is 8. The molecule has 0 spiro atoms. The predicted octanol–water partition coefficient (Wildman–Crippen LogP) is 3.30. The molecule has 0 aromatic heterocycles. The van der Waals surface area contributed by atoms with Crippen LogP contribution in [0, 0.1) is 5.92 Å². The Hall–Kier alpha value is -1.31. The van der Waals surface area contributed by atoms with Gasteiger partial charge in [0.15, 0.2) is 0 Å². The van der Waals surface area contributed by atoms with Gasteiger partial charge in [-0.05, 0) is 31.2 Å². The lowest BCUT2D eigenvalue weighted by Crippen LogP contribution is -2.22. The highest BCUT2D eigenvalue weighted by molar-refractivity contribution is 5.76. The Bertz CT molecular complexity index is 321. The van der Waals surface area contributed by atoms with Crippen molar-refractivity contribution < 1.29 is 4.79 Å². The standard InChI is InChI=1S/C15H23NO/c1-2-14(15(16)17)12-8-4-7-11-13-9-5-3-6-10-13/h3,5-6,9-10,14H,2,4,7-8,11-12H2,1H3,(H2,16,17). The molecule has 0 bridgehead atoms. The number of primary amides is 1. The Morgan fingerprint density at radius 2 is 1.88 bits per heavy atom. The molecule has 1 aromatic carbocycles. The van der Waals surface area contributed by atoms with Crippen molar-refractivity contribution in [1.29, 1.82) is 0 Å². The molecule has 0 saturated carbocycles. The molecule has 0 aliphatic carbocycles. The fraction of sp³-hybridized carbons (Fsp3) is 0.533. The average Bonchev–Trinajstić information content (AvgIpc) is 2.34. The van der Waals surface area contributed by atoms with Gasteiger partial charge in [-0.3, -0.25) is 4.79 Å². The van der Waals surface area contributed by atoms with Crippen LogP contribution in [-0.4, -0.2) is 5.91 Å². The maximum absolute atomic E-state index is 11.0. The summed E-state index contributed by atoms with van der Waals surface area (Å²) in [4.78, 5) is 11.0. The normalized spacial score (nSPS) is 12.3. The topological polar surface area (TPSA) is 43.1 Å². The van der Waals surface area contributed by atoms with Crippen LogP contribution in [0.15, 0.2) is 30.3 Å². The second-order valence-electron chi connectivity index (χ2n) is 4.59. The van der Waals surface area contributed by atoms with Gasteiger partial charge < -0.3 is 5.73 Å². The fourth-order valence-electron chi connectivity index (χ4n) is 2.09. The van der Waals surface area contributed by atoms with Gasteiger partial charge in [-0.1, -0.05) is 50.1 Å². The van der Waals surface area contributed by atoms with E-state index in [1.807, 2.05) is 13.0 Å². The van der Waals surface area contributed by atoms with Crippen molar-refractivity contribution in [1.82, 2.24) is 0 Å². The molecule has 0 aliphatic heterocycles. The van der Waals surface area contributed by atoms with E-state index >= 15 is 0 Å². The second kappa shape index (κ2) is 7.88. The number of hydrogen-bond acceptors (Lipinski definition) is 1. The molecular formula is C15H23NO. The molecule has 17 heavy (non-hydrogen) atoms. The van der Waals surface area contributed by atoms with E-state index in [9.17, 15) is 4.79 Å². The summed E-state index contributed by atoms with van der Waals surface area (Å²) in [6.07, 6.45) is 6.43. The van der Waals surface area contributed by atoms with Crippen molar-refractivity contribution >= 4 is 5.91 Å². The van der Waals surface area contributed by atoms with Crippen molar-refractivity contribution in [3.63, 3.8) is 0 Å². The van der Waals surface area contributed by atoms with Crippen LogP contribution in [0.5, 0.6) is 0 Å². The monoisotopic (exact) mass is 233 g/mol. The summed E-state index contributed by atoms with van der Waals surface area (Å²) in [5.41, 5.74) is 6.71. The highest BCUT2D eigenvalue weighted by Gasteiger charge is 2.11. The van der Waals surface area contributed by atoms with Crippen LogP contribution < -0.4 is 5.73 Å². The van der Waals surface area contributed by atoms with Gasteiger partial charge in [-0.2, -0.15) is 0 Å². The van der Waals surface area contributed by atoms with Gasteiger partial charge in [0.1, 0.15) is 0 Å². The number of carbonyl (C=O) groups is 1. The van der Waals surface area contributed by atoms with E-state index < -0.39 is 0 Å². The number of unbranched alkanes of at least 4 members (excludes halogenated alkanes) is 2. The lowest BCUT2D eigenvalue weighted by molar-refractivity contribution is -0.122. The SMILES string of the molecule is CCC(CCCCCc1ccccc1)C(N)=O. The van der Waals surface area contributed by atoms with Crippen LogP contribution in [0.3, 0.4) is 0 Å². The average molecular weight is 233 g/mol. The van der Waals surface area contributed by atoms with E-state index in [0.29, 0.717) is 0 Å². The van der Waals surface area contributed by atoms with Gasteiger partial charge in [0, 0.05) is 5.92 Å². The molecule has 0 saturated heterocycles. The van der Waals surface area contributed by atoms with Crippen molar-refractivity contribution in [3.05, 3.63) is 35.9 Å². The first-order valence-corrected chi connectivity index (χ1v) is 6.57. The Morgan fingerprint density at radius 1 is 1.18 bits per heavy atom. The molecule has 1 rings (SSSR count). The molecule has 2 heteroatoms. The number of hydrogen-bond donors (Lipinski definition) is 1. The summed E-state index contributed by atoms with van der Waals surface area (Å²) in [6, 6.07) is 10.5. The first-order chi connectivity index (χ1) is 8.24. The molecule has 0 radical (unpaired) electrons. The van der Waals surface area contributed by atoms with E-state index in [0.717, 1.165) is 25.7 Å². The molecule has 1 atom stereocenters.